The molecule has 1 saturated heterocycles. The molecule has 1 atom stereocenters. The van der Waals surface area contributed by atoms with Crippen LogP contribution in [0, 0.1) is 11.7 Å². The van der Waals surface area contributed by atoms with Crippen molar-refractivity contribution in [1.82, 2.24) is 10.4 Å². The van der Waals surface area contributed by atoms with Crippen molar-refractivity contribution in [3.8, 4) is 0 Å². The van der Waals surface area contributed by atoms with E-state index in [0.29, 0.717) is 16.5 Å². The van der Waals surface area contributed by atoms with Crippen LogP contribution in [0.25, 0.3) is 0 Å². The molecule has 1 N–H and O–H groups in total. The number of halogens is 2. The lowest BCUT2D eigenvalue weighted by atomic mass is 9.88. The van der Waals surface area contributed by atoms with Crippen LogP contribution in [-0.4, -0.2) is 18.2 Å². The Bertz CT molecular complexity index is 703. The largest absolute Gasteiger partial charge is 0.381 e. The predicted octanol–water partition coefficient (Wildman–Crippen LogP) is 4.00. The van der Waals surface area contributed by atoms with Crippen LogP contribution >= 0.6 is 11.6 Å². The average Bonchev–Trinajstić information content (AvgIpc) is 2.97. The van der Waals surface area contributed by atoms with E-state index in [4.69, 9.17) is 16.3 Å². The van der Waals surface area contributed by atoms with Gasteiger partial charge in [-0.3, -0.25) is 9.99 Å². The molecule has 3 heterocycles. The zero-order chi connectivity index (χ0) is 15.8. The minimum atomic E-state index is -0.261. The fraction of sp³-hybridized carbons (Fsp3) is 0.353. The lowest BCUT2D eigenvalue weighted by Crippen LogP contribution is -2.35. The molecular formula is C17H17ClFN3O. The monoisotopic (exact) mass is 333 g/mol. The topological polar surface area (TPSA) is 37.4 Å². The fourth-order valence-electron chi connectivity index (χ4n) is 3.39. The van der Waals surface area contributed by atoms with Gasteiger partial charge in [0.15, 0.2) is 0 Å². The van der Waals surface area contributed by atoms with Gasteiger partial charge in [0, 0.05) is 23.8 Å². The van der Waals surface area contributed by atoms with Gasteiger partial charge in [0.2, 0.25) is 0 Å². The number of fused-ring (bicyclic) bond motifs is 1. The molecule has 23 heavy (non-hydrogen) atoms. The molecule has 1 fully saturated rings. The molecule has 6 heteroatoms. The maximum atomic E-state index is 14.5. The molecule has 2 aromatic rings. The summed E-state index contributed by atoms with van der Waals surface area (Å²) in [4.78, 5) is 4.02. The van der Waals surface area contributed by atoms with Crippen molar-refractivity contribution in [1.29, 1.82) is 0 Å². The van der Waals surface area contributed by atoms with Gasteiger partial charge in [-0.1, -0.05) is 11.6 Å². The van der Waals surface area contributed by atoms with Crippen molar-refractivity contribution in [2.24, 2.45) is 5.92 Å². The minimum Gasteiger partial charge on any atom is -0.381 e. The quantitative estimate of drug-likeness (QED) is 0.901. The van der Waals surface area contributed by atoms with Gasteiger partial charge in [-0.2, -0.15) is 0 Å². The van der Waals surface area contributed by atoms with Crippen molar-refractivity contribution in [3.63, 3.8) is 0 Å². The average molecular weight is 334 g/mol. The lowest BCUT2D eigenvalue weighted by Gasteiger charge is -2.29. The van der Waals surface area contributed by atoms with E-state index in [0.717, 1.165) is 37.4 Å². The van der Waals surface area contributed by atoms with Gasteiger partial charge in [-0.05, 0) is 43.0 Å². The maximum absolute atomic E-state index is 14.5. The van der Waals surface area contributed by atoms with Crippen LogP contribution < -0.4 is 10.4 Å². The summed E-state index contributed by atoms with van der Waals surface area (Å²) in [6.07, 6.45) is 4.85. The number of ether oxygens (including phenoxy) is 1. The van der Waals surface area contributed by atoms with Gasteiger partial charge >= 0.3 is 0 Å². The highest BCUT2D eigenvalue weighted by Gasteiger charge is 2.37. The zero-order valence-electron chi connectivity index (χ0n) is 12.5. The highest BCUT2D eigenvalue weighted by atomic mass is 35.5. The highest BCUT2D eigenvalue weighted by molar-refractivity contribution is 6.30. The molecule has 0 amide bonds. The molecule has 2 aliphatic heterocycles. The van der Waals surface area contributed by atoms with E-state index < -0.39 is 0 Å². The van der Waals surface area contributed by atoms with E-state index >= 15 is 0 Å². The van der Waals surface area contributed by atoms with Gasteiger partial charge in [0.05, 0.1) is 29.8 Å². The van der Waals surface area contributed by atoms with Gasteiger partial charge in [0.1, 0.15) is 5.82 Å². The van der Waals surface area contributed by atoms with Crippen LogP contribution in [0.5, 0.6) is 0 Å². The summed E-state index contributed by atoms with van der Waals surface area (Å²) < 4.78 is 19.9. The summed E-state index contributed by atoms with van der Waals surface area (Å²) in [5.41, 5.74) is 5.84. The van der Waals surface area contributed by atoms with Crippen molar-refractivity contribution < 1.29 is 9.13 Å². The molecule has 4 rings (SSSR count). The van der Waals surface area contributed by atoms with E-state index in [2.05, 4.69) is 10.4 Å². The Kier molecular flexibility index (Phi) is 3.93. The minimum absolute atomic E-state index is 0.0624. The number of benzene rings is 1. The molecule has 0 aliphatic carbocycles. The first kappa shape index (κ1) is 14.9. The summed E-state index contributed by atoms with van der Waals surface area (Å²) in [7, 11) is 0. The number of hydrazine groups is 1. The van der Waals surface area contributed by atoms with Crippen LogP contribution in [0.4, 0.5) is 15.8 Å². The Hall–Kier alpha value is -1.69. The maximum Gasteiger partial charge on any atom is 0.148 e. The summed E-state index contributed by atoms with van der Waals surface area (Å²) in [5, 5.41) is 2.58. The number of rotatable bonds is 2. The third kappa shape index (κ3) is 2.69. The molecule has 0 radical (unpaired) electrons. The Morgan fingerprint density at radius 3 is 2.65 bits per heavy atom. The van der Waals surface area contributed by atoms with Crippen molar-refractivity contribution >= 4 is 23.0 Å². The van der Waals surface area contributed by atoms with Gasteiger partial charge < -0.3 is 4.74 Å². The number of pyridine rings is 1. The fourth-order valence-corrected chi connectivity index (χ4v) is 3.51. The second kappa shape index (κ2) is 6.07. The molecule has 1 aromatic heterocycles. The van der Waals surface area contributed by atoms with Crippen molar-refractivity contribution in [3.05, 3.63) is 53.1 Å². The third-order valence-corrected chi connectivity index (χ3v) is 4.81. The van der Waals surface area contributed by atoms with E-state index in [1.165, 1.54) is 6.20 Å². The summed E-state index contributed by atoms with van der Waals surface area (Å²) >= 11 is 5.97. The first-order chi connectivity index (χ1) is 11.2. The number of hydrogen-bond acceptors (Lipinski definition) is 4. The molecule has 1 aromatic carbocycles. The van der Waals surface area contributed by atoms with E-state index in [1.807, 2.05) is 29.3 Å². The Morgan fingerprint density at radius 2 is 1.91 bits per heavy atom. The molecule has 1 unspecified atom stereocenters. The van der Waals surface area contributed by atoms with E-state index in [9.17, 15) is 4.39 Å². The van der Waals surface area contributed by atoms with Crippen molar-refractivity contribution in [2.45, 2.75) is 18.9 Å². The molecule has 2 aliphatic rings. The standard InChI is InChI=1S/C17H17ClFN3O/c18-12-1-3-13(4-2-12)22-15-10-20-9-14(19)16(15)17(21-22)11-5-7-23-8-6-11/h1-4,9-11,17,21H,5-8H2. The third-order valence-electron chi connectivity index (χ3n) is 4.56. The molecule has 0 bridgehead atoms. The summed E-state index contributed by atoms with van der Waals surface area (Å²) in [5.74, 6) is 0.0830. The van der Waals surface area contributed by atoms with E-state index in [-0.39, 0.29) is 11.9 Å². The van der Waals surface area contributed by atoms with Crippen LogP contribution in [0.15, 0.2) is 36.7 Å². The molecule has 0 spiro atoms. The number of nitrogens with one attached hydrogen (secondary N) is 1. The van der Waals surface area contributed by atoms with Crippen LogP contribution in [-0.2, 0) is 4.74 Å². The van der Waals surface area contributed by atoms with Crippen LogP contribution in [0.2, 0.25) is 5.02 Å². The highest BCUT2D eigenvalue weighted by Crippen LogP contribution is 2.44. The number of aromatic nitrogens is 1. The van der Waals surface area contributed by atoms with Gasteiger partial charge in [-0.15, -0.1) is 0 Å². The lowest BCUT2D eigenvalue weighted by molar-refractivity contribution is 0.0546. The number of anilines is 2. The van der Waals surface area contributed by atoms with E-state index in [1.54, 1.807) is 6.20 Å². The van der Waals surface area contributed by atoms with Crippen LogP contribution in [0.3, 0.4) is 0 Å². The molecule has 4 nitrogen and oxygen atoms in total. The summed E-state index contributed by atoms with van der Waals surface area (Å²) in [6.45, 7) is 1.46. The SMILES string of the molecule is Fc1cncc2c1C(C1CCOCC1)NN2c1ccc(Cl)cc1. The second-order valence-corrected chi connectivity index (χ2v) is 6.36. The first-order valence-corrected chi connectivity index (χ1v) is 8.15. The number of hydrogen-bond donors (Lipinski definition) is 1. The second-order valence-electron chi connectivity index (χ2n) is 5.92. The smallest absolute Gasteiger partial charge is 0.148 e. The Labute approximate surface area is 139 Å². The van der Waals surface area contributed by atoms with Crippen molar-refractivity contribution in [2.75, 3.05) is 18.2 Å². The Balaban J connectivity index is 1.73. The first-order valence-electron chi connectivity index (χ1n) is 7.77. The molecular weight excluding hydrogens is 317 g/mol. The predicted molar refractivity (Wildman–Crippen MR) is 87.2 cm³/mol. The normalized spacial score (nSPS) is 21.5. The number of nitrogens with zero attached hydrogens (tertiary/aromatic N) is 2. The Morgan fingerprint density at radius 1 is 1.17 bits per heavy atom. The van der Waals surface area contributed by atoms with Crippen LogP contribution in [0.1, 0.15) is 24.4 Å². The summed E-state index contributed by atoms with van der Waals surface area (Å²) in [6, 6.07) is 7.42. The van der Waals surface area contributed by atoms with Gasteiger partial charge in [0.25, 0.3) is 0 Å². The van der Waals surface area contributed by atoms with Gasteiger partial charge in [-0.25, -0.2) is 9.82 Å². The molecule has 120 valence electrons. The zero-order valence-corrected chi connectivity index (χ0v) is 13.3. The molecule has 0 saturated carbocycles.